The Morgan fingerprint density at radius 2 is 1.76 bits per heavy atom. The third-order valence-electron chi connectivity index (χ3n) is 8.13. The van der Waals surface area contributed by atoms with Gasteiger partial charge in [-0.3, -0.25) is 4.79 Å². The maximum absolute atomic E-state index is 14.7. The van der Waals surface area contributed by atoms with Gasteiger partial charge in [0.1, 0.15) is 12.2 Å². The van der Waals surface area contributed by atoms with Crippen molar-refractivity contribution in [3.63, 3.8) is 0 Å². The van der Waals surface area contributed by atoms with Crippen LogP contribution >= 0.6 is 0 Å². The van der Waals surface area contributed by atoms with Gasteiger partial charge >= 0.3 is 11.9 Å². The molecule has 0 N–H and O–H groups in total. The molecule has 0 radical (unpaired) electrons. The SMILES string of the molecule is CC(C)(C#Cc1ccccc1)Oc1cc(C(=O)OC23CC4CC(C2)CC(C(=O)OCCS(=O)(=O)[O-])(C4)C3)ccc1F. The summed E-state index contributed by atoms with van der Waals surface area (Å²) >= 11 is 0. The van der Waals surface area contributed by atoms with Gasteiger partial charge in [-0.2, -0.15) is 0 Å². The largest absolute Gasteiger partial charge is 0.748 e. The molecule has 0 saturated heterocycles. The number of carbonyl (C=O) groups excluding carboxylic acids is 2. The van der Waals surface area contributed by atoms with Crippen LogP contribution in [-0.2, 0) is 24.4 Å². The normalized spacial score (nSPS) is 26.5. The maximum atomic E-state index is 14.7. The average molecular weight is 584 g/mol. The second-order valence-corrected chi connectivity index (χ2v) is 13.6. The van der Waals surface area contributed by atoms with Crippen molar-refractivity contribution in [1.29, 1.82) is 0 Å². The van der Waals surface area contributed by atoms with Crippen molar-refractivity contribution in [3.05, 3.63) is 65.5 Å². The van der Waals surface area contributed by atoms with E-state index in [0.717, 1.165) is 18.1 Å². The summed E-state index contributed by atoms with van der Waals surface area (Å²) in [5.41, 5.74) is -1.94. The van der Waals surface area contributed by atoms with Gasteiger partial charge in [-0.1, -0.05) is 30.0 Å². The Morgan fingerprint density at radius 3 is 2.41 bits per heavy atom. The molecule has 2 aromatic carbocycles. The number of halogens is 1. The molecule has 41 heavy (non-hydrogen) atoms. The smallest absolute Gasteiger partial charge is 0.338 e. The second-order valence-electron chi connectivity index (χ2n) is 12.1. The number of ether oxygens (including phenoxy) is 3. The number of esters is 2. The van der Waals surface area contributed by atoms with Crippen LogP contribution in [0, 0.1) is 34.9 Å². The highest BCUT2D eigenvalue weighted by atomic mass is 32.2. The summed E-state index contributed by atoms with van der Waals surface area (Å²) in [6.07, 6.45) is 3.52. The van der Waals surface area contributed by atoms with Gasteiger partial charge in [-0.15, -0.1) is 0 Å². The van der Waals surface area contributed by atoms with Gasteiger partial charge in [0.25, 0.3) is 0 Å². The molecule has 0 amide bonds. The molecule has 218 valence electrons. The molecule has 2 unspecified atom stereocenters. The summed E-state index contributed by atoms with van der Waals surface area (Å²) in [6, 6.07) is 13.1. The van der Waals surface area contributed by atoms with Crippen molar-refractivity contribution in [3.8, 4) is 17.6 Å². The summed E-state index contributed by atoms with van der Waals surface area (Å²) in [4.78, 5) is 26.5. The summed E-state index contributed by atoms with van der Waals surface area (Å²) in [7, 11) is -4.51. The number of carbonyl (C=O) groups is 2. The van der Waals surface area contributed by atoms with Crippen LogP contribution in [0.4, 0.5) is 4.39 Å². The van der Waals surface area contributed by atoms with Gasteiger partial charge in [0.05, 0.1) is 26.8 Å². The van der Waals surface area contributed by atoms with Crippen LogP contribution < -0.4 is 4.74 Å². The monoisotopic (exact) mass is 583 g/mol. The zero-order chi connectivity index (χ0) is 29.5. The van der Waals surface area contributed by atoms with Crippen LogP contribution in [0.1, 0.15) is 68.3 Å². The molecule has 0 heterocycles. The number of benzene rings is 2. The lowest BCUT2D eigenvalue weighted by Crippen LogP contribution is -2.60. The summed E-state index contributed by atoms with van der Waals surface area (Å²) < 4.78 is 64.7. The van der Waals surface area contributed by atoms with E-state index in [2.05, 4.69) is 11.8 Å². The first-order valence-corrected chi connectivity index (χ1v) is 15.2. The Balaban J connectivity index is 1.30. The van der Waals surface area contributed by atoms with E-state index in [9.17, 15) is 27.0 Å². The first-order valence-electron chi connectivity index (χ1n) is 13.7. The van der Waals surface area contributed by atoms with E-state index in [4.69, 9.17) is 14.2 Å². The van der Waals surface area contributed by atoms with E-state index in [1.54, 1.807) is 13.8 Å². The molecule has 10 heteroatoms. The molecule has 4 saturated carbocycles. The first kappa shape index (κ1) is 29.1. The molecule has 4 aliphatic rings. The van der Waals surface area contributed by atoms with E-state index >= 15 is 0 Å². The van der Waals surface area contributed by atoms with Gasteiger partial charge in [-0.25, -0.2) is 17.6 Å². The fourth-order valence-corrected chi connectivity index (χ4v) is 7.22. The Hall–Kier alpha value is -3.42. The Morgan fingerprint density at radius 1 is 1.07 bits per heavy atom. The minimum atomic E-state index is -4.51. The standard InChI is InChI=1S/C31H33FO8S/c1-29(2,11-10-21-6-4-3-5-7-21)39-26-15-24(8-9-25(26)32)27(33)40-31-18-22-14-23(19-31)17-30(16-22,20-31)28(34)38-12-13-41(35,36)37/h3-9,15,22-23H,12-14,16-20H2,1-2H3,(H,35,36,37)/p-1. The zero-order valence-corrected chi connectivity index (χ0v) is 23.8. The summed E-state index contributed by atoms with van der Waals surface area (Å²) in [5, 5.41) is 0. The molecule has 8 nitrogen and oxygen atoms in total. The second kappa shape index (κ2) is 10.8. The van der Waals surface area contributed by atoms with Gasteiger partial charge in [-0.05, 0) is 88.1 Å². The van der Waals surface area contributed by atoms with Crippen LogP contribution in [0.15, 0.2) is 48.5 Å². The first-order chi connectivity index (χ1) is 19.3. The van der Waals surface area contributed by atoms with Crippen LogP contribution in [-0.4, -0.2) is 48.5 Å². The minimum absolute atomic E-state index is 0.112. The number of hydrogen-bond donors (Lipinski definition) is 0. The van der Waals surface area contributed by atoms with Crippen molar-refractivity contribution in [2.45, 2.75) is 63.6 Å². The topological polar surface area (TPSA) is 119 Å². The van der Waals surface area contributed by atoms with Crippen molar-refractivity contribution < 1.29 is 41.2 Å². The van der Waals surface area contributed by atoms with Gasteiger partial charge in [0.15, 0.2) is 17.2 Å². The van der Waals surface area contributed by atoms with E-state index in [-0.39, 0.29) is 29.6 Å². The van der Waals surface area contributed by atoms with Crippen LogP contribution in [0.2, 0.25) is 0 Å². The van der Waals surface area contributed by atoms with Crippen molar-refractivity contribution in [2.24, 2.45) is 17.3 Å². The highest BCUT2D eigenvalue weighted by Gasteiger charge is 2.63. The molecule has 6 rings (SSSR count). The molecule has 2 atom stereocenters. The Bertz CT molecular complexity index is 1490. The van der Waals surface area contributed by atoms with Crippen molar-refractivity contribution in [1.82, 2.24) is 0 Å². The average Bonchev–Trinajstić information content (AvgIpc) is 2.87. The predicted molar refractivity (Wildman–Crippen MR) is 145 cm³/mol. The molecular formula is C31H32FO8S-. The highest BCUT2D eigenvalue weighted by Crippen LogP contribution is 2.63. The summed E-state index contributed by atoms with van der Waals surface area (Å²) in [6.45, 7) is 2.90. The quantitative estimate of drug-likeness (QED) is 0.251. The van der Waals surface area contributed by atoms with E-state index in [1.807, 2.05) is 30.3 Å². The van der Waals surface area contributed by atoms with Crippen LogP contribution in [0.3, 0.4) is 0 Å². The minimum Gasteiger partial charge on any atom is -0.748 e. The fraction of sp³-hybridized carbons (Fsp3) is 0.484. The maximum Gasteiger partial charge on any atom is 0.338 e. The fourth-order valence-electron chi connectivity index (χ4n) is 6.93. The zero-order valence-electron chi connectivity index (χ0n) is 23.0. The van der Waals surface area contributed by atoms with Gasteiger partial charge in [0.2, 0.25) is 0 Å². The third kappa shape index (κ3) is 6.74. The molecule has 0 aliphatic heterocycles. The molecule has 4 bridgehead atoms. The Kier molecular flexibility index (Phi) is 7.64. The molecule has 0 aromatic heterocycles. The van der Waals surface area contributed by atoms with Crippen molar-refractivity contribution >= 4 is 22.1 Å². The lowest BCUT2D eigenvalue weighted by Gasteiger charge is -2.59. The highest BCUT2D eigenvalue weighted by molar-refractivity contribution is 7.85. The lowest BCUT2D eigenvalue weighted by atomic mass is 9.48. The van der Waals surface area contributed by atoms with E-state index < -0.39 is 56.9 Å². The summed E-state index contributed by atoms with van der Waals surface area (Å²) in [5.74, 6) is 3.53. The number of hydrogen-bond acceptors (Lipinski definition) is 8. The van der Waals surface area contributed by atoms with Gasteiger partial charge in [0, 0.05) is 12.0 Å². The van der Waals surface area contributed by atoms with Crippen molar-refractivity contribution in [2.75, 3.05) is 12.4 Å². The molecular weight excluding hydrogens is 551 g/mol. The number of rotatable bonds is 8. The van der Waals surface area contributed by atoms with Gasteiger partial charge < -0.3 is 18.8 Å². The molecule has 0 spiro atoms. The van der Waals surface area contributed by atoms with E-state index in [0.29, 0.717) is 25.7 Å². The predicted octanol–water partition coefficient (Wildman–Crippen LogP) is 4.62. The molecule has 4 aliphatic carbocycles. The van der Waals surface area contributed by atoms with Crippen LogP contribution in [0.5, 0.6) is 5.75 Å². The van der Waals surface area contributed by atoms with E-state index in [1.165, 1.54) is 12.1 Å². The lowest BCUT2D eigenvalue weighted by molar-refractivity contribution is -0.196. The Labute approximate surface area is 239 Å². The third-order valence-corrected chi connectivity index (χ3v) is 8.80. The molecule has 2 aromatic rings. The molecule has 4 fully saturated rings. The van der Waals surface area contributed by atoms with Crippen LogP contribution in [0.25, 0.3) is 0 Å².